The molecular formula is C17H18O4S. The Labute approximate surface area is 130 Å². The summed E-state index contributed by atoms with van der Waals surface area (Å²) in [4.78, 5) is 11.1. The molecule has 3 rings (SSSR count). The highest BCUT2D eigenvalue weighted by atomic mass is 32.2. The van der Waals surface area contributed by atoms with Crippen molar-refractivity contribution in [1.29, 1.82) is 0 Å². The molecule has 0 aliphatic carbocycles. The molecular weight excluding hydrogens is 300 g/mol. The topological polar surface area (TPSA) is 60.4 Å². The van der Waals surface area contributed by atoms with Crippen molar-refractivity contribution in [1.82, 2.24) is 0 Å². The van der Waals surface area contributed by atoms with Crippen LogP contribution in [0, 0.1) is 6.92 Å². The summed E-state index contributed by atoms with van der Waals surface area (Å²) in [6.07, 6.45) is 0. The standard InChI is InChI=1S/C10H12O.C7H6O3S/c1-8(2)9-4-3-5-10(11)7-6-9;1-5-2-3-7-6(4-5)10-11(7,8)9/h3-8H,1-2H3;2-4H,1H3. The Morgan fingerprint density at radius 3 is 2.32 bits per heavy atom. The molecule has 2 aromatic carbocycles. The van der Waals surface area contributed by atoms with Crippen molar-refractivity contribution in [2.24, 2.45) is 0 Å². The highest BCUT2D eigenvalue weighted by Gasteiger charge is 2.32. The molecule has 0 atom stereocenters. The number of hydrogen-bond donors (Lipinski definition) is 0. The Kier molecular flexibility index (Phi) is 4.66. The molecule has 1 aliphatic rings. The summed E-state index contributed by atoms with van der Waals surface area (Å²) in [5.74, 6) is 0.951. The average Bonchev–Trinajstić information content (AvgIpc) is 2.63. The second kappa shape index (κ2) is 6.32. The predicted octanol–water partition coefficient (Wildman–Crippen LogP) is 3.25. The fourth-order valence-electron chi connectivity index (χ4n) is 1.94. The average molecular weight is 318 g/mol. The summed E-state index contributed by atoms with van der Waals surface area (Å²) in [6, 6.07) is 13.9. The summed E-state index contributed by atoms with van der Waals surface area (Å²) >= 11 is 0. The van der Waals surface area contributed by atoms with Crippen LogP contribution < -0.4 is 9.61 Å². The quantitative estimate of drug-likeness (QED) is 0.757. The minimum Gasteiger partial charge on any atom is -0.377 e. The van der Waals surface area contributed by atoms with Crippen LogP contribution in [0.4, 0.5) is 0 Å². The molecule has 0 radical (unpaired) electrons. The Bertz CT molecular complexity index is 839. The minimum atomic E-state index is -3.36. The molecule has 1 aliphatic heterocycles. The van der Waals surface area contributed by atoms with Gasteiger partial charge in [0.05, 0.1) is 0 Å². The lowest BCUT2D eigenvalue weighted by atomic mass is 10.1. The zero-order chi connectivity index (χ0) is 16.3. The number of rotatable bonds is 1. The maximum absolute atomic E-state index is 10.8. The highest BCUT2D eigenvalue weighted by Crippen LogP contribution is 2.36. The number of hydrogen-bond acceptors (Lipinski definition) is 4. The summed E-state index contributed by atoms with van der Waals surface area (Å²) in [7, 11) is -3.36. The molecule has 0 unspecified atom stereocenters. The lowest BCUT2D eigenvalue weighted by Gasteiger charge is -2.18. The molecule has 0 fully saturated rings. The third-order valence-electron chi connectivity index (χ3n) is 3.22. The summed E-state index contributed by atoms with van der Waals surface area (Å²) in [5, 5.41) is 0. The van der Waals surface area contributed by atoms with Crippen molar-refractivity contribution in [2.75, 3.05) is 0 Å². The fraction of sp³-hybridized carbons (Fsp3) is 0.235. The lowest BCUT2D eigenvalue weighted by Crippen LogP contribution is -2.20. The van der Waals surface area contributed by atoms with E-state index in [9.17, 15) is 13.2 Å². The van der Waals surface area contributed by atoms with Gasteiger partial charge < -0.3 is 4.18 Å². The van der Waals surface area contributed by atoms with Crippen molar-refractivity contribution in [3.8, 4) is 5.75 Å². The highest BCUT2D eigenvalue weighted by molar-refractivity contribution is 7.88. The van der Waals surface area contributed by atoms with Crippen LogP contribution >= 0.6 is 0 Å². The van der Waals surface area contributed by atoms with E-state index >= 15 is 0 Å². The van der Waals surface area contributed by atoms with E-state index in [-0.39, 0.29) is 5.43 Å². The van der Waals surface area contributed by atoms with Gasteiger partial charge in [-0.3, -0.25) is 4.79 Å². The maximum Gasteiger partial charge on any atom is 0.343 e. The van der Waals surface area contributed by atoms with Crippen LogP contribution in [0.2, 0.25) is 0 Å². The Morgan fingerprint density at radius 1 is 1.00 bits per heavy atom. The van der Waals surface area contributed by atoms with Gasteiger partial charge in [-0.05, 0) is 48.2 Å². The van der Waals surface area contributed by atoms with Gasteiger partial charge >= 0.3 is 10.1 Å². The molecule has 0 bridgehead atoms. The van der Waals surface area contributed by atoms with E-state index in [1.165, 1.54) is 5.56 Å². The molecule has 0 N–H and O–H groups in total. The maximum atomic E-state index is 10.8. The van der Waals surface area contributed by atoms with Gasteiger partial charge in [-0.1, -0.05) is 38.1 Å². The van der Waals surface area contributed by atoms with E-state index in [4.69, 9.17) is 0 Å². The Hall–Kier alpha value is -2.14. The van der Waals surface area contributed by atoms with Crippen LogP contribution in [0.25, 0.3) is 0 Å². The van der Waals surface area contributed by atoms with E-state index in [1.54, 1.807) is 36.4 Å². The van der Waals surface area contributed by atoms with E-state index in [2.05, 4.69) is 18.0 Å². The first kappa shape index (κ1) is 16.2. The molecule has 0 aromatic heterocycles. The number of fused-ring (bicyclic) bond motifs is 1. The van der Waals surface area contributed by atoms with Crippen LogP contribution in [-0.4, -0.2) is 8.42 Å². The third-order valence-corrected chi connectivity index (χ3v) is 4.50. The first-order chi connectivity index (χ1) is 10.3. The first-order valence-electron chi connectivity index (χ1n) is 6.95. The molecule has 22 heavy (non-hydrogen) atoms. The van der Waals surface area contributed by atoms with Crippen LogP contribution in [-0.2, 0) is 10.1 Å². The molecule has 4 nitrogen and oxygen atoms in total. The monoisotopic (exact) mass is 318 g/mol. The van der Waals surface area contributed by atoms with Gasteiger partial charge in [0, 0.05) is 0 Å². The van der Waals surface area contributed by atoms with Crippen molar-refractivity contribution in [2.45, 2.75) is 31.6 Å². The van der Waals surface area contributed by atoms with Crippen molar-refractivity contribution < 1.29 is 12.6 Å². The molecule has 0 amide bonds. The van der Waals surface area contributed by atoms with E-state index in [1.807, 2.05) is 19.1 Å². The zero-order valence-corrected chi connectivity index (χ0v) is 13.6. The predicted molar refractivity (Wildman–Crippen MR) is 85.8 cm³/mol. The van der Waals surface area contributed by atoms with Gasteiger partial charge in [0.2, 0.25) is 0 Å². The van der Waals surface area contributed by atoms with Gasteiger partial charge in [0.25, 0.3) is 0 Å². The molecule has 2 aromatic rings. The summed E-state index contributed by atoms with van der Waals surface area (Å²) in [5.41, 5.74) is 2.27. The normalized spacial score (nSPS) is 14.0. The van der Waals surface area contributed by atoms with E-state index < -0.39 is 10.1 Å². The minimum absolute atomic E-state index is 0.0666. The van der Waals surface area contributed by atoms with E-state index in [0.717, 1.165) is 5.56 Å². The van der Waals surface area contributed by atoms with Crippen LogP contribution in [0.5, 0.6) is 5.75 Å². The molecule has 0 spiro atoms. The van der Waals surface area contributed by atoms with Crippen molar-refractivity contribution in [3.05, 3.63) is 69.9 Å². The Balaban J connectivity index is 0.000000160. The smallest absolute Gasteiger partial charge is 0.343 e. The van der Waals surface area contributed by atoms with Crippen molar-refractivity contribution >= 4 is 10.1 Å². The van der Waals surface area contributed by atoms with Gasteiger partial charge in [0.15, 0.2) is 11.2 Å². The molecule has 5 heteroatoms. The first-order valence-corrected chi connectivity index (χ1v) is 8.36. The molecule has 0 saturated carbocycles. The fourth-order valence-corrected chi connectivity index (χ4v) is 2.87. The van der Waals surface area contributed by atoms with Gasteiger partial charge in [-0.2, -0.15) is 8.42 Å². The second-order valence-electron chi connectivity index (χ2n) is 5.40. The van der Waals surface area contributed by atoms with Crippen LogP contribution in [0.1, 0.15) is 30.9 Å². The van der Waals surface area contributed by atoms with Crippen LogP contribution in [0.3, 0.4) is 0 Å². The Morgan fingerprint density at radius 2 is 1.73 bits per heavy atom. The molecule has 1 heterocycles. The second-order valence-corrected chi connectivity index (χ2v) is 6.92. The number of aryl methyl sites for hydroxylation is 1. The van der Waals surface area contributed by atoms with Gasteiger partial charge in [0.1, 0.15) is 4.90 Å². The number of benzene rings is 1. The van der Waals surface area contributed by atoms with Crippen molar-refractivity contribution in [3.63, 3.8) is 0 Å². The molecule has 0 saturated heterocycles. The molecule has 116 valence electrons. The van der Waals surface area contributed by atoms with E-state index in [0.29, 0.717) is 16.6 Å². The SMILES string of the molecule is CC(C)c1cccc(=O)cc1.Cc1ccc2c(c1)OS2(=O)=O. The van der Waals surface area contributed by atoms with Crippen LogP contribution in [0.15, 0.2) is 58.2 Å². The lowest BCUT2D eigenvalue weighted by molar-refractivity contribution is 0.442. The zero-order valence-electron chi connectivity index (χ0n) is 12.7. The summed E-state index contributed by atoms with van der Waals surface area (Å²) in [6.45, 7) is 6.11. The largest absolute Gasteiger partial charge is 0.377 e. The van der Waals surface area contributed by atoms with Gasteiger partial charge in [-0.25, -0.2) is 0 Å². The van der Waals surface area contributed by atoms with Gasteiger partial charge in [-0.15, -0.1) is 0 Å². The summed E-state index contributed by atoms with van der Waals surface area (Å²) < 4.78 is 26.1. The third kappa shape index (κ3) is 3.74.